The summed E-state index contributed by atoms with van der Waals surface area (Å²) in [6.45, 7) is -0.0279. The van der Waals surface area contributed by atoms with Gasteiger partial charge in [-0.25, -0.2) is 0 Å². The summed E-state index contributed by atoms with van der Waals surface area (Å²) in [6.07, 6.45) is 0. The number of anilines is 9. The van der Waals surface area contributed by atoms with Gasteiger partial charge in [0.25, 0.3) is 6.71 Å². The maximum absolute atomic E-state index is 7.04. The fraction of sp³-hybridized carbons (Fsp3) is 0. The van der Waals surface area contributed by atoms with Crippen molar-refractivity contribution in [3.63, 3.8) is 0 Å². The highest BCUT2D eigenvalue weighted by atomic mass is 32.1. The number of para-hydroxylation sites is 6. The normalized spacial score (nSPS) is 13.2. The van der Waals surface area contributed by atoms with E-state index in [4.69, 9.17) is 4.74 Å². The van der Waals surface area contributed by atoms with E-state index in [9.17, 15) is 0 Å². The van der Waals surface area contributed by atoms with E-state index in [0.717, 1.165) is 51.3 Å². The van der Waals surface area contributed by atoms with Gasteiger partial charge in [-0.2, -0.15) is 0 Å². The van der Waals surface area contributed by atoms with Gasteiger partial charge in [0.05, 0.1) is 17.1 Å². The third-order valence-electron chi connectivity index (χ3n) is 11.6. The Morgan fingerprint density at radius 3 is 1.57 bits per heavy atom. The van der Waals surface area contributed by atoms with Crippen LogP contribution in [0.5, 0.6) is 11.5 Å². The number of thiophene rings is 1. The maximum atomic E-state index is 7.04. The van der Waals surface area contributed by atoms with Crippen LogP contribution in [0.3, 0.4) is 0 Å². The standard InChI is InChI=1S/C52H34BN3OS/c1-5-18-35(19-6-1)48-50-52(58-51(48)36-20-7-2-8-21-36)53-40-33-32-39-34-45(40)56(44-29-17-28-43(49(44)53)55(50)38-24-11-4-12-25-38)42-27-14-16-31-47(42)57-46-30-15-13-26-41(46)54(39)37-22-9-3-10-23-37/h1-34H. The van der Waals surface area contributed by atoms with Crippen LogP contribution in [0.1, 0.15) is 0 Å². The Hall–Kier alpha value is -7.28. The monoisotopic (exact) mass is 759 g/mol. The Morgan fingerprint density at radius 2 is 0.914 bits per heavy atom. The zero-order chi connectivity index (χ0) is 38.2. The van der Waals surface area contributed by atoms with Gasteiger partial charge in [0.15, 0.2) is 11.5 Å². The lowest BCUT2D eigenvalue weighted by Gasteiger charge is -2.44. The van der Waals surface area contributed by atoms with Crippen molar-refractivity contribution in [3.8, 4) is 33.1 Å². The van der Waals surface area contributed by atoms with Gasteiger partial charge in [-0.1, -0.05) is 133 Å². The van der Waals surface area contributed by atoms with Crippen LogP contribution in [0.25, 0.3) is 21.6 Å². The zero-order valence-corrected chi connectivity index (χ0v) is 32.2. The van der Waals surface area contributed by atoms with Crippen molar-refractivity contribution < 1.29 is 4.74 Å². The average molecular weight is 760 g/mol. The number of benzene rings is 8. The number of nitrogens with zero attached hydrogens (tertiary/aromatic N) is 3. The van der Waals surface area contributed by atoms with E-state index in [1.54, 1.807) is 0 Å². The number of fused-ring (bicyclic) bond motifs is 8. The molecule has 0 amide bonds. The molecule has 4 nitrogen and oxygen atoms in total. The van der Waals surface area contributed by atoms with E-state index in [2.05, 4.69) is 215 Å². The Labute approximate surface area is 342 Å². The lowest BCUT2D eigenvalue weighted by Crippen LogP contribution is -2.60. The summed E-state index contributed by atoms with van der Waals surface area (Å²) in [5, 5.41) is 0. The maximum Gasteiger partial charge on any atom is 0.264 e. The molecule has 0 unspecified atom stereocenters. The first-order valence-corrected chi connectivity index (χ1v) is 20.5. The first-order chi connectivity index (χ1) is 28.8. The molecule has 4 heterocycles. The van der Waals surface area contributed by atoms with Crippen LogP contribution in [-0.2, 0) is 0 Å². The van der Waals surface area contributed by atoms with Crippen LogP contribution in [0.15, 0.2) is 206 Å². The lowest BCUT2D eigenvalue weighted by atomic mass is 9.36. The quantitative estimate of drug-likeness (QED) is 0.166. The molecule has 3 aliphatic heterocycles. The van der Waals surface area contributed by atoms with Crippen molar-refractivity contribution >= 4 is 84.9 Å². The van der Waals surface area contributed by atoms with Gasteiger partial charge in [0, 0.05) is 49.3 Å². The fourth-order valence-corrected chi connectivity index (χ4v) is 10.7. The molecule has 3 aliphatic rings. The van der Waals surface area contributed by atoms with E-state index >= 15 is 0 Å². The van der Waals surface area contributed by atoms with Crippen LogP contribution in [0.2, 0.25) is 0 Å². The van der Waals surface area contributed by atoms with Crippen molar-refractivity contribution in [1.29, 1.82) is 0 Å². The van der Waals surface area contributed by atoms with Gasteiger partial charge >= 0.3 is 0 Å². The largest absolute Gasteiger partial charge is 0.453 e. The molecule has 58 heavy (non-hydrogen) atoms. The van der Waals surface area contributed by atoms with Gasteiger partial charge in [-0.15, -0.1) is 11.3 Å². The summed E-state index contributed by atoms with van der Waals surface area (Å²) in [5.41, 5.74) is 16.2. The molecule has 0 fully saturated rings. The number of ether oxygens (including phenoxy) is 1. The third kappa shape index (κ3) is 4.95. The molecule has 0 radical (unpaired) electrons. The van der Waals surface area contributed by atoms with Crippen LogP contribution < -0.4 is 35.1 Å². The molecule has 0 saturated carbocycles. The van der Waals surface area contributed by atoms with E-state index in [0.29, 0.717) is 0 Å². The minimum absolute atomic E-state index is 0.0279. The molecule has 272 valence electrons. The minimum atomic E-state index is -0.0279. The molecule has 2 bridgehead atoms. The predicted octanol–water partition coefficient (Wildman–Crippen LogP) is 12.7. The van der Waals surface area contributed by atoms with Gasteiger partial charge in [-0.3, -0.25) is 0 Å². The predicted molar refractivity (Wildman–Crippen MR) is 244 cm³/mol. The van der Waals surface area contributed by atoms with Crippen molar-refractivity contribution in [2.75, 3.05) is 14.7 Å². The molecule has 0 spiro atoms. The van der Waals surface area contributed by atoms with Crippen LogP contribution >= 0.6 is 11.3 Å². The second-order valence-corrected chi connectivity index (χ2v) is 15.9. The highest BCUT2D eigenvalue weighted by Gasteiger charge is 2.46. The number of hydrogen-bond acceptors (Lipinski definition) is 5. The summed E-state index contributed by atoms with van der Waals surface area (Å²) in [7, 11) is 0. The smallest absolute Gasteiger partial charge is 0.264 e. The summed E-state index contributed by atoms with van der Waals surface area (Å²) in [6, 6.07) is 74.1. The molecule has 12 rings (SSSR count). The summed E-state index contributed by atoms with van der Waals surface area (Å²) in [4.78, 5) is 8.56. The Morgan fingerprint density at radius 1 is 0.397 bits per heavy atom. The molecular formula is C52H34BN3OS. The lowest BCUT2D eigenvalue weighted by molar-refractivity contribution is 0.484. The topological polar surface area (TPSA) is 19.0 Å². The second kappa shape index (κ2) is 13.2. The molecule has 0 aliphatic carbocycles. The molecule has 0 N–H and O–H groups in total. The van der Waals surface area contributed by atoms with Gasteiger partial charge in [-0.05, 0) is 94.8 Å². The number of rotatable bonds is 4. The second-order valence-electron chi connectivity index (χ2n) is 14.9. The average Bonchev–Trinajstić information content (AvgIpc) is 3.69. The SMILES string of the molecule is c1ccc(-c2sc3c(c2-c2ccccc2)N(c2ccccc2)c2cccc4c2B3c2ccc3cc2N4c2ccccc2Oc2ccccc2N3c2ccccc2)cc1. The summed E-state index contributed by atoms with van der Waals surface area (Å²) >= 11 is 1.93. The van der Waals surface area contributed by atoms with Crippen LogP contribution in [0.4, 0.5) is 51.2 Å². The van der Waals surface area contributed by atoms with E-state index in [-0.39, 0.29) is 6.71 Å². The zero-order valence-electron chi connectivity index (χ0n) is 31.4. The van der Waals surface area contributed by atoms with E-state index in [1.165, 1.54) is 48.6 Å². The summed E-state index contributed by atoms with van der Waals surface area (Å²) < 4.78 is 8.37. The highest BCUT2D eigenvalue weighted by Crippen LogP contribution is 2.54. The summed E-state index contributed by atoms with van der Waals surface area (Å²) in [5.74, 6) is 1.58. The Balaban J connectivity index is 1.20. The first-order valence-electron chi connectivity index (χ1n) is 19.7. The van der Waals surface area contributed by atoms with Crippen LogP contribution in [-0.4, -0.2) is 6.71 Å². The van der Waals surface area contributed by atoms with Crippen molar-refractivity contribution in [2.24, 2.45) is 0 Å². The molecule has 9 aromatic rings. The molecule has 1 aromatic heterocycles. The molecule has 8 aromatic carbocycles. The fourth-order valence-electron chi connectivity index (χ4n) is 9.22. The van der Waals surface area contributed by atoms with E-state index < -0.39 is 0 Å². The van der Waals surface area contributed by atoms with E-state index in [1.807, 2.05) is 17.4 Å². The van der Waals surface area contributed by atoms with Crippen molar-refractivity contribution in [2.45, 2.75) is 0 Å². The van der Waals surface area contributed by atoms with Crippen molar-refractivity contribution in [3.05, 3.63) is 206 Å². The van der Waals surface area contributed by atoms with Gasteiger partial charge in [0.1, 0.15) is 0 Å². The first kappa shape index (κ1) is 32.9. The Kier molecular flexibility index (Phi) is 7.47. The van der Waals surface area contributed by atoms with Crippen molar-refractivity contribution in [1.82, 2.24) is 0 Å². The van der Waals surface area contributed by atoms with Gasteiger partial charge in [0.2, 0.25) is 0 Å². The highest BCUT2D eigenvalue weighted by molar-refractivity contribution is 7.31. The van der Waals surface area contributed by atoms with Gasteiger partial charge < -0.3 is 19.4 Å². The Bertz CT molecular complexity index is 3010. The third-order valence-corrected chi connectivity index (χ3v) is 12.9. The minimum Gasteiger partial charge on any atom is -0.453 e. The molecule has 0 atom stereocenters. The molecule has 0 saturated heterocycles. The molecule has 6 heteroatoms. The van der Waals surface area contributed by atoms with Crippen LogP contribution in [0, 0.1) is 0 Å². The molecular weight excluding hydrogens is 725 g/mol. The number of hydrogen-bond donors (Lipinski definition) is 0.